The number of benzene rings is 1. The second kappa shape index (κ2) is 8.09. The van der Waals surface area contributed by atoms with Gasteiger partial charge < -0.3 is 0 Å². The van der Waals surface area contributed by atoms with Crippen LogP contribution in [-0.4, -0.2) is 15.9 Å². The lowest BCUT2D eigenvalue weighted by molar-refractivity contribution is -0.00454. The molecule has 5 aliphatic carbocycles. The highest BCUT2D eigenvalue weighted by Crippen LogP contribution is 2.61. The minimum absolute atomic E-state index is 0.181. The highest BCUT2D eigenvalue weighted by Gasteiger charge is 2.52. The van der Waals surface area contributed by atoms with Crippen LogP contribution < -0.4 is 10.9 Å². The summed E-state index contributed by atoms with van der Waals surface area (Å²) in [6.07, 6.45) is 14.0. The van der Waals surface area contributed by atoms with E-state index in [1.165, 1.54) is 68.7 Å². The van der Waals surface area contributed by atoms with Crippen LogP contribution in [0, 0.1) is 23.7 Å². The maximum Gasteiger partial charge on any atom is 0.288 e. The molecule has 1 heterocycles. The van der Waals surface area contributed by atoms with E-state index < -0.39 is 0 Å². The fourth-order valence-corrected chi connectivity index (χ4v) is 8.11. The van der Waals surface area contributed by atoms with E-state index >= 15 is 0 Å². The Labute approximate surface area is 195 Å². The molecule has 5 saturated carbocycles. The molecule has 32 heavy (non-hydrogen) atoms. The van der Waals surface area contributed by atoms with E-state index in [1.807, 2.05) is 6.07 Å². The van der Waals surface area contributed by atoms with Crippen LogP contribution in [0.1, 0.15) is 86.7 Å². The first-order valence-corrected chi connectivity index (χ1v) is 13.0. The SMILES string of the molecule is O=C(NNC(=S)C1CCCCC1)c1cc(C23CC4CC(CC(C4)C2)C3)c2ccccc2n1. The van der Waals surface area contributed by atoms with Crippen molar-refractivity contribution in [1.82, 2.24) is 15.8 Å². The maximum absolute atomic E-state index is 13.2. The Hall–Kier alpha value is -2.01. The minimum Gasteiger partial charge on any atom is -0.291 e. The molecule has 4 bridgehead atoms. The molecule has 0 radical (unpaired) electrons. The van der Waals surface area contributed by atoms with Gasteiger partial charge in [0.2, 0.25) is 0 Å². The standard InChI is InChI=1S/C27H33N3OS/c31-25(29-30-26(32)20-6-2-1-3-7-20)24-13-22(21-8-4-5-9-23(21)28-24)27-14-17-10-18(15-27)12-19(11-17)16-27/h4-5,8-9,13,17-20H,1-3,6-7,10-12,14-16H2,(H,29,31)(H,30,32). The van der Waals surface area contributed by atoms with Gasteiger partial charge in [0.25, 0.3) is 5.91 Å². The zero-order chi connectivity index (χ0) is 21.7. The molecule has 5 fully saturated rings. The van der Waals surface area contributed by atoms with Crippen molar-refractivity contribution >= 4 is 34.0 Å². The summed E-state index contributed by atoms with van der Waals surface area (Å²) in [5.74, 6) is 2.78. The molecule has 2 aromatic rings. The van der Waals surface area contributed by atoms with Gasteiger partial charge in [0.1, 0.15) is 5.69 Å². The Kier molecular flexibility index (Phi) is 5.20. The number of carbonyl (C=O) groups is 1. The molecule has 5 aliphatic rings. The zero-order valence-corrected chi connectivity index (χ0v) is 19.6. The second-order valence-corrected chi connectivity index (χ2v) is 11.5. The van der Waals surface area contributed by atoms with Crippen LogP contribution in [0.4, 0.5) is 0 Å². The van der Waals surface area contributed by atoms with Crippen LogP contribution in [0.25, 0.3) is 10.9 Å². The number of para-hydroxylation sites is 1. The van der Waals surface area contributed by atoms with Crippen molar-refractivity contribution in [3.05, 3.63) is 41.6 Å². The first-order valence-electron chi connectivity index (χ1n) is 12.6. The van der Waals surface area contributed by atoms with Gasteiger partial charge in [-0.2, -0.15) is 0 Å². The number of thiocarbonyl (C=S) groups is 1. The second-order valence-electron chi connectivity index (χ2n) is 11.0. The molecule has 2 N–H and O–H groups in total. The number of rotatable bonds is 3. The number of amides is 1. The van der Waals surface area contributed by atoms with E-state index in [0.717, 1.165) is 41.1 Å². The van der Waals surface area contributed by atoms with Crippen LogP contribution in [0.2, 0.25) is 0 Å². The van der Waals surface area contributed by atoms with Gasteiger partial charge >= 0.3 is 0 Å². The molecule has 1 aromatic carbocycles. The van der Waals surface area contributed by atoms with Crippen LogP contribution in [0.15, 0.2) is 30.3 Å². The van der Waals surface area contributed by atoms with Gasteiger partial charge in [-0.25, -0.2) is 4.98 Å². The quantitative estimate of drug-likeness (QED) is 0.458. The normalized spacial score (nSPS) is 31.6. The minimum atomic E-state index is -0.181. The van der Waals surface area contributed by atoms with E-state index in [2.05, 4.69) is 35.1 Å². The Morgan fingerprint density at radius 1 is 0.938 bits per heavy atom. The van der Waals surface area contributed by atoms with Crippen molar-refractivity contribution in [2.75, 3.05) is 0 Å². The summed E-state index contributed by atoms with van der Waals surface area (Å²) >= 11 is 5.58. The van der Waals surface area contributed by atoms with E-state index in [1.54, 1.807) is 0 Å². The molecule has 4 nitrogen and oxygen atoms in total. The van der Waals surface area contributed by atoms with Gasteiger partial charge in [-0.3, -0.25) is 15.6 Å². The first kappa shape index (κ1) is 20.6. The van der Waals surface area contributed by atoms with E-state index in [4.69, 9.17) is 17.2 Å². The van der Waals surface area contributed by atoms with Gasteiger partial charge in [0.15, 0.2) is 0 Å². The van der Waals surface area contributed by atoms with Crippen LogP contribution >= 0.6 is 12.2 Å². The van der Waals surface area contributed by atoms with Crippen molar-refractivity contribution < 1.29 is 4.79 Å². The van der Waals surface area contributed by atoms with Gasteiger partial charge in [-0.05, 0) is 92.2 Å². The average Bonchev–Trinajstić information content (AvgIpc) is 2.81. The highest BCUT2D eigenvalue weighted by molar-refractivity contribution is 7.80. The molecular weight excluding hydrogens is 414 g/mol. The van der Waals surface area contributed by atoms with Crippen LogP contribution in [0.5, 0.6) is 0 Å². The number of aromatic nitrogens is 1. The summed E-state index contributed by atoms with van der Waals surface area (Å²) in [6.45, 7) is 0. The maximum atomic E-state index is 13.2. The number of nitrogens with zero attached hydrogens (tertiary/aromatic N) is 1. The van der Waals surface area contributed by atoms with Crippen molar-refractivity contribution in [2.45, 2.75) is 76.0 Å². The molecule has 7 rings (SSSR count). The largest absolute Gasteiger partial charge is 0.291 e. The average molecular weight is 448 g/mol. The van der Waals surface area contributed by atoms with E-state index in [-0.39, 0.29) is 11.3 Å². The number of carbonyl (C=O) groups excluding carboxylic acids is 1. The fraction of sp³-hybridized carbons (Fsp3) is 0.593. The van der Waals surface area contributed by atoms with Crippen molar-refractivity contribution in [3.63, 3.8) is 0 Å². The molecule has 0 atom stereocenters. The van der Waals surface area contributed by atoms with Crippen molar-refractivity contribution in [1.29, 1.82) is 0 Å². The number of nitrogens with one attached hydrogen (secondary N) is 2. The lowest BCUT2D eigenvalue weighted by Gasteiger charge is -2.57. The summed E-state index contributed by atoms with van der Waals surface area (Å²) in [5, 5.41) is 1.23. The summed E-state index contributed by atoms with van der Waals surface area (Å²) < 4.78 is 0. The Morgan fingerprint density at radius 2 is 1.59 bits per heavy atom. The smallest absolute Gasteiger partial charge is 0.288 e. The molecule has 0 spiro atoms. The third-order valence-electron chi connectivity index (χ3n) is 8.83. The third kappa shape index (κ3) is 3.63. The van der Waals surface area contributed by atoms with Gasteiger partial charge in [-0.15, -0.1) is 0 Å². The van der Waals surface area contributed by atoms with Crippen molar-refractivity contribution in [3.8, 4) is 0 Å². The van der Waals surface area contributed by atoms with Crippen LogP contribution in [-0.2, 0) is 5.41 Å². The van der Waals surface area contributed by atoms with Crippen molar-refractivity contribution in [2.24, 2.45) is 23.7 Å². The Balaban J connectivity index is 1.29. The fourth-order valence-electron chi connectivity index (χ4n) is 7.82. The number of hydrogen-bond acceptors (Lipinski definition) is 3. The van der Waals surface area contributed by atoms with Gasteiger partial charge in [0.05, 0.1) is 10.5 Å². The molecule has 1 amide bonds. The summed E-state index contributed by atoms with van der Waals surface area (Å²) in [4.78, 5) is 18.7. The molecular formula is C27H33N3OS. The molecule has 5 heteroatoms. The monoisotopic (exact) mass is 447 g/mol. The predicted molar refractivity (Wildman–Crippen MR) is 131 cm³/mol. The lowest BCUT2D eigenvalue weighted by Crippen LogP contribution is -2.49. The molecule has 168 valence electrons. The van der Waals surface area contributed by atoms with Crippen LogP contribution in [0.3, 0.4) is 0 Å². The summed E-state index contributed by atoms with van der Waals surface area (Å²) in [5.41, 5.74) is 8.94. The predicted octanol–water partition coefficient (Wildman–Crippen LogP) is 5.84. The molecule has 1 aromatic heterocycles. The number of hydrogen-bond donors (Lipinski definition) is 2. The number of hydrazine groups is 1. The molecule has 0 unspecified atom stereocenters. The number of fused-ring (bicyclic) bond motifs is 1. The van der Waals surface area contributed by atoms with Gasteiger partial charge in [-0.1, -0.05) is 49.7 Å². The topological polar surface area (TPSA) is 54.0 Å². The number of pyridine rings is 1. The highest BCUT2D eigenvalue weighted by atomic mass is 32.1. The summed E-state index contributed by atoms with van der Waals surface area (Å²) in [7, 11) is 0. The van der Waals surface area contributed by atoms with E-state index in [0.29, 0.717) is 11.6 Å². The third-order valence-corrected chi connectivity index (χ3v) is 9.27. The zero-order valence-electron chi connectivity index (χ0n) is 18.7. The molecule has 0 aliphatic heterocycles. The van der Waals surface area contributed by atoms with Gasteiger partial charge in [0, 0.05) is 11.3 Å². The van der Waals surface area contributed by atoms with E-state index in [9.17, 15) is 4.79 Å². The Bertz CT molecular complexity index is 1020. The lowest BCUT2D eigenvalue weighted by atomic mass is 9.48. The first-order chi connectivity index (χ1) is 15.6. The molecule has 0 saturated heterocycles. The Morgan fingerprint density at radius 3 is 2.28 bits per heavy atom. The summed E-state index contributed by atoms with van der Waals surface area (Å²) in [6, 6.07) is 10.5.